The van der Waals surface area contributed by atoms with Gasteiger partial charge in [0.2, 0.25) is 0 Å². The largest absolute Gasteiger partial charge is 0.347 e. The molecule has 0 aliphatic heterocycles. The van der Waals surface area contributed by atoms with Crippen LogP contribution in [-0.4, -0.2) is 11.4 Å². The fourth-order valence-corrected chi connectivity index (χ4v) is 2.27. The van der Waals surface area contributed by atoms with Crippen molar-refractivity contribution in [3.63, 3.8) is 0 Å². The molecule has 1 fully saturated rings. The standard InChI is InChI=1S/C13H16FNO/c1-13(8-4-5-9-13)15-12(16)10-6-2-3-7-11(10)14/h2-3,6-7H,4-5,8-9H2,1H3,(H,15,16). The van der Waals surface area contributed by atoms with Gasteiger partial charge in [0.25, 0.3) is 5.91 Å². The molecule has 1 aliphatic carbocycles. The lowest BCUT2D eigenvalue weighted by Crippen LogP contribution is -2.43. The van der Waals surface area contributed by atoms with Crippen molar-refractivity contribution in [2.45, 2.75) is 38.1 Å². The molecule has 0 bridgehead atoms. The van der Waals surface area contributed by atoms with Crippen LogP contribution in [0, 0.1) is 5.82 Å². The number of halogens is 1. The highest BCUT2D eigenvalue weighted by atomic mass is 19.1. The minimum Gasteiger partial charge on any atom is -0.347 e. The molecule has 1 amide bonds. The van der Waals surface area contributed by atoms with Gasteiger partial charge in [0.15, 0.2) is 0 Å². The van der Waals surface area contributed by atoms with E-state index in [0.29, 0.717) is 0 Å². The Morgan fingerprint density at radius 2 is 1.94 bits per heavy atom. The van der Waals surface area contributed by atoms with Gasteiger partial charge >= 0.3 is 0 Å². The summed E-state index contributed by atoms with van der Waals surface area (Å²) in [5, 5.41) is 2.93. The first-order valence-electron chi connectivity index (χ1n) is 5.68. The Morgan fingerprint density at radius 3 is 2.56 bits per heavy atom. The number of hydrogen-bond donors (Lipinski definition) is 1. The van der Waals surface area contributed by atoms with Crippen molar-refractivity contribution in [1.29, 1.82) is 0 Å². The summed E-state index contributed by atoms with van der Waals surface area (Å²) < 4.78 is 13.4. The molecule has 1 N–H and O–H groups in total. The van der Waals surface area contributed by atoms with Crippen molar-refractivity contribution in [3.05, 3.63) is 35.6 Å². The maximum Gasteiger partial charge on any atom is 0.254 e. The average molecular weight is 221 g/mol. The number of carbonyl (C=O) groups excluding carboxylic acids is 1. The maximum absolute atomic E-state index is 13.4. The van der Waals surface area contributed by atoms with Gasteiger partial charge in [0.05, 0.1) is 5.56 Å². The van der Waals surface area contributed by atoms with Gasteiger partial charge in [-0.05, 0) is 31.9 Å². The van der Waals surface area contributed by atoms with E-state index in [1.807, 2.05) is 6.92 Å². The minimum atomic E-state index is -0.457. The molecule has 86 valence electrons. The Hall–Kier alpha value is -1.38. The lowest BCUT2D eigenvalue weighted by Gasteiger charge is -2.25. The van der Waals surface area contributed by atoms with Crippen molar-refractivity contribution >= 4 is 5.91 Å². The highest BCUT2D eigenvalue weighted by Gasteiger charge is 2.30. The molecule has 1 aromatic rings. The van der Waals surface area contributed by atoms with E-state index in [1.54, 1.807) is 12.1 Å². The molecule has 0 aromatic heterocycles. The van der Waals surface area contributed by atoms with E-state index in [9.17, 15) is 9.18 Å². The number of carbonyl (C=O) groups is 1. The van der Waals surface area contributed by atoms with Gasteiger partial charge in [-0.2, -0.15) is 0 Å². The molecule has 0 heterocycles. The quantitative estimate of drug-likeness (QED) is 0.817. The number of hydrogen-bond acceptors (Lipinski definition) is 1. The molecule has 1 aliphatic rings. The lowest BCUT2D eigenvalue weighted by molar-refractivity contribution is 0.0904. The first-order valence-corrected chi connectivity index (χ1v) is 5.68. The van der Waals surface area contributed by atoms with Crippen LogP contribution in [-0.2, 0) is 0 Å². The summed E-state index contributed by atoms with van der Waals surface area (Å²) in [5.74, 6) is -0.760. The van der Waals surface area contributed by atoms with E-state index >= 15 is 0 Å². The van der Waals surface area contributed by atoms with Gasteiger partial charge in [-0.3, -0.25) is 4.79 Å². The number of rotatable bonds is 2. The number of amides is 1. The van der Waals surface area contributed by atoms with E-state index in [-0.39, 0.29) is 17.0 Å². The third-order valence-corrected chi connectivity index (χ3v) is 3.24. The van der Waals surface area contributed by atoms with Crippen molar-refractivity contribution in [2.75, 3.05) is 0 Å². The molecule has 16 heavy (non-hydrogen) atoms. The third-order valence-electron chi connectivity index (χ3n) is 3.24. The normalized spacial score (nSPS) is 18.4. The second kappa shape index (κ2) is 4.24. The van der Waals surface area contributed by atoms with E-state index < -0.39 is 5.82 Å². The predicted molar refractivity (Wildman–Crippen MR) is 60.7 cm³/mol. The number of nitrogens with one attached hydrogen (secondary N) is 1. The van der Waals surface area contributed by atoms with E-state index in [4.69, 9.17) is 0 Å². The van der Waals surface area contributed by atoms with Gasteiger partial charge in [0, 0.05) is 5.54 Å². The summed E-state index contributed by atoms with van der Waals surface area (Å²) in [7, 11) is 0. The zero-order valence-corrected chi connectivity index (χ0v) is 9.42. The smallest absolute Gasteiger partial charge is 0.254 e. The molecule has 0 radical (unpaired) electrons. The monoisotopic (exact) mass is 221 g/mol. The Balaban J connectivity index is 2.11. The van der Waals surface area contributed by atoms with E-state index in [0.717, 1.165) is 25.7 Å². The zero-order chi connectivity index (χ0) is 11.6. The highest BCUT2D eigenvalue weighted by Crippen LogP contribution is 2.29. The Labute approximate surface area is 94.9 Å². The summed E-state index contributed by atoms with van der Waals surface area (Å²) >= 11 is 0. The van der Waals surface area contributed by atoms with Crippen LogP contribution in [0.2, 0.25) is 0 Å². The van der Waals surface area contributed by atoms with E-state index in [2.05, 4.69) is 5.32 Å². The molecule has 1 aromatic carbocycles. The fourth-order valence-electron chi connectivity index (χ4n) is 2.27. The van der Waals surface area contributed by atoms with Crippen LogP contribution < -0.4 is 5.32 Å². The lowest BCUT2D eigenvalue weighted by atomic mass is 10.00. The highest BCUT2D eigenvalue weighted by molar-refractivity contribution is 5.94. The number of benzene rings is 1. The first kappa shape index (κ1) is 11.1. The Bertz CT molecular complexity index is 397. The second-order valence-electron chi connectivity index (χ2n) is 4.70. The van der Waals surface area contributed by atoms with Crippen LogP contribution >= 0.6 is 0 Å². The molecule has 1 saturated carbocycles. The predicted octanol–water partition coefficient (Wildman–Crippen LogP) is 2.89. The third kappa shape index (κ3) is 2.23. The SMILES string of the molecule is CC1(NC(=O)c2ccccc2F)CCCC1. The van der Waals surface area contributed by atoms with Crippen LogP contribution in [0.4, 0.5) is 4.39 Å². The summed E-state index contributed by atoms with van der Waals surface area (Å²) in [6.07, 6.45) is 4.22. The summed E-state index contributed by atoms with van der Waals surface area (Å²) in [5.41, 5.74) is -0.0186. The molecule has 0 atom stereocenters. The first-order chi connectivity index (χ1) is 7.61. The van der Waals surface area contributed by atoms with Gasteiger partial charge in [-0.25, -0.2) is 4.39 Å². The molecule has 0 spiro atoms. The van der Waals surface area contributed by atoms with Crippen LogP contribution in [0.1, 0.15) is 43.0 Å². The van der Waals surface area contributed by atoms with Crippen LogP contribution in [0.5, 0.6) is 0 Å². The van der Waals surface area contributed by atoms with E-state index in [1.165, 1.54) is 12.1 Å². The van der Waals surface area contributed by atoms with Crippen molar-refractivity contribution in [2.24, 2.45) is 0 Å². The average Bonchev–Trinajstić information content (AvgIpc) is 2.65. The van der Waals surface area contributed by atoms with Gasteiger partial charge < -0.3 is 5.32 Å². The minimum absolute atomic E-state index is 0.135. The van der Waals surface area contributed by atoms with Crippen molar-refractivity contribution in [3.8, 4) is 0 Å². The summed E-state index contributed by atoms with van der Waals surface area (Å²) in [6.45, 7) is 2.03. The maximum atomic E-state index is 13.4. The molecule has 0 unspecified atom stereocenters. The second-order valence-corrected chi connectivity index (χ2v) is 4.70. The van der Waals surface area contributed by atoms with Gasteiger partial charge in [0.1, 0.15) is 5.82 Å². The Kier molecular flexibility index (Phi) is 2.95. The van der Waals surface area contributed by atoms with Gasteiger partial charge in [-0.15, -0.1) is 0 Å². The molecule has 2 rings (SSSR count). The van der Waals surface area contributed by atoms with Gasteiger partial charge in [-0.1, -0.05) is 25.0 Å². The van der Waals surface area contributed by atoms with Crippen molar-refractivity contribution < 1.29 is 9.18 Å². The van der Waals surface area contributed by atoms with Crippen LogP contribution in [0.15, 0.2) is 24.3 Å². The molecule has 2 nitrogen and oxygen atoms in total. The molecule has 3 heteroatoms. The fraction of sp³-hybridized carbons (Fsp3) is 0.462. The molecular formula is C13H16FNO. The van der Waals surface area contributed by atoms with Crippen molar-refractivity contribution in [1.82, 2.24) is 5.32 Å². The summed E-state index contributed by atoms with van der Waals surface area (Å²) in [6, 6.07) is 6.09. The Morgan fingerprint density at radius 1 is 1.31 bits per heavy atom. The molecule has 0 saturated heterocycles. The summed E-state index contributed by atoms with van der Waals surface area (Å²) in [4.78, 5) is 11.9. The topological polar surface area (TPSA) is 29.1 Å². The van der Waals surface area contributed by atoms with Crippen LogP contribution in [0.3, 0.4) is 0 Å². The molecular weight excluding hydrogens is 205 g/mol. The van der Waals surface area contributed by atoms with Crippen LogP contribution in [0.25, 0.3) is 0 Å². The zero-order valence-electron chi connectivity index (χ0n) is 9.42.